The van der Waals surface area contributed by atoms with Crippen molar-refractivity contribution in [3.63, 3.8) is 0 Å². The number of aromatic nitrogens is 3. The van der Waals surface area contributed by atoms with Gasteiger partial charge < -0.3 is 19.1 Å². The van der Waals surface area contributed by atoms with Gasteiger partial charge in [0.15, 0.2) is 0 Å². The van der Waals surface area contributed by atoms with E-state index in [1.54, 1.807) is 22.0 Å². The van der Waals surface area contributed by atoms with Crippen molar-refractivity contribution in [3.05, 3.63) is 60.1 Å². The Morgan fingerprint density at radius 1 is 1.00 bits per heavy atom. The third-order valence-corrected chi connectivity index (χ3v) is 6.91. The number of carbonyl (C=O) groups excluding carboxylic acids is 2. The fraction of sp³-hybridized carbons (Fsp3) is 0.438. The fourth-order valence-electron chi connectivity index (χ4n) is 5.12. The Morgan fingerprint density at radius 2 is 1.71 bits per heavy atom. The van der Waals surface area contributed by atoms with Gasteiger partial charge in [-0.2, -0.15) is 5.10 Å². The van der Waals surface area contributed by atoms with E-state index < -0.39 is 23.4 Å². The van der Waals surface area contributed by atoms with Crippen molar-refractivity contribution in [3.8, 4) is 16.9 Å². The van der Waals surface area contributed by atoms with Crippen molar-refractivity contribution in [2.24, 2.45) is 7.05 Å². The molecule has 2 aliphatic rings. The molecule has 0 saturated heterocycles. The Kier molecular flexibility index (Phi) is 7.51. The number of hydrogen-bond donors (Lipinski definition) is 0. The second kappa shape index (κ2) is 10.8. The van der Waals surface area contributed by atoms with Gasteiger partial charge in [0, 0.05) is 43.7 Å². The quantitative estimate of drug-likeness (QED) is 0.324. The third-order valence-electron chi connectivity index (χ3n) is 6.91. The van der Waals surface area contributed by atoms with Crippen LogP contribution < -0.4 is 9.64 Å². The zero-order valence-electron chi connectivity index (χ0n) is 25.6. The minimum atomic E-state index is -0.730. The molecule has 1 aromatic carbocycles. The van der Waals surface area contributed by atoms with Gasteiger partial charge in [0.25, 0.3) is 0 Å². The molecule has 222 valence electrons. The van der Waals surface area contributed by atoms with E-state index in [0.29, 0.717) is 36.8 Å². The molecule has 0 spiro atoms. The summed E-state index contributed by atoms with van der Waals surface area (Å²) in [5.74, 6) is 0.988. The van der Waals surface area contributed by atoms with E-state index >= 15 is 0 Å². The number of rotatable bonds is 2. The van der Waals surface area contributed by atoms with Crippen LogP contribution in [-0.2, 0) is 16.5 Å². The highest BCUT2D eigenvalue weighted by molar-refractivity contribution is 6.00. The first-order valence-electron chi connectivity index (χ1n) is 14.2. The summed E-state index contributed by atoms with van der Waals surface area (Å²) in [6, 6.07) is 7.72. The first-order valence-corrected chi connectivity index (χ1v) is 14.2. The van der Waals surface area contributed by atoms with E-state index in [9.17, 15) is 9.59 Å². The van der Waals surface area contributed by atoms with Gasteiger partial charge in [-0.1, -0.05) is 12.1 Å². The summed E-state index contributed by atoms with van der Waals surface area (Å²) in [6.45, 7) is 14.0. The molecule has 10 nitrogen and oxygen atoms in total. The zero-order chi connectivity index (χ0) is 30.4. The van der Waals surface area contributed by atoms with E-state index in [-0.39, 0.29) is 6.09 Å². The van der Waals surface area contributed by atoms with Gasteiger partial charge in [-0.25, -0.2) is 19.5 Å². The number of nitrogens with zero attached hydrogens (tertiary/aromatic N) is 5. The van der Waals surface area contributed by atoms with Crippen molar-refractivity contribution in [2.75, 3.05) is 18.0 Å². The zero-order valence-corrected chi connectivity index (χ0v) is 25.6. The summed E-state index contributed by atoms with van der Waals surface area (Å²) in [7, 11) is 1.86. The Morgan fingerprint density at radius 3 is 2.33 bits per heavy atom. The molecule has 1 atom stereocenters. The highest BCUT2D eigenvalue weighted by Gasteiger charge is 2.36. The SMILES string of the molecule is CC1Oc2ccc(C3=CCN(C(=O)OC(C)(C)C)CC3)cc2N(C(=O)OC(C)(C)C)c2nccc(-c3cnn(C)c3)c21. The van der Waals surface area contributed by atoms with Crippen LogP contribution in [0.3, 0.4) is 0 Å². The lowest BCUT2D eigenvalue weighted by molar-refractivity contribution is 0.0270. The van der Waals surface area contributed by atoms with E-state index in [1.807, 2.05) is 92.1 Å². The molecule has 10 heteroatoms. The van der Waals surface area contributed by atoms with E-state index in [2.05, 4.69) is 5.10 Å². The Labute approximate surface area is 246 Å². The van der Waals surface area contributed by atoms with Crippen LogP contribution in [0.15, 0.2) is 48.9 Å². The predicted molar refractivity (Wildman–Crippen MR) is 161 cm³/mol. The number of ether oxygens (including phenoxy) is 3. The highest BCUT2D eigenvalue weighted by Crippen LogP contribution is 2.47. The van der Waals surface area contributed by atoms with Crippen molar-refractivity contribution < 1.29 is 23.8 Å². The third kappa shape index (κ3) is 6.12. The van der Waals surface area contributed by atoms with Crippen molar-refractivity contribution in [2.45, 2.75) is 72.2 Å². The summed E-state index contributed by atoms with van der Waals surface area (Å²) in [5.41, 5.74) is 3.78. The number of benzene rings is 1. The van der Waals surface area contributed by atoms with Gasteiger partial charge in [0.1, 0.15) is 28.9 Å². The summed E-state index contributed by atoms with van der Waals surface area (Å²) < 4.78 is 19.7. The smallest absolute Gasteiger partial charge is 0.420 e. The topological polar surface area (TPSA) is 99.0 Å². The lowest BCUT2D eigenvalue weighted by atomic mass is 9.98. The molecule has 5 rings (SSSR count). The average Bonchev–Trinajstić information content (AvgIpc) is 3.28. The Balaban J connectivity index is 1.57. The van der Waals surface area contributed by atoms with Gasteiger partial charge in [-0.15, -0.1) is 0 Å². The number of amides is 2. The number of fused-ring (bicyclic) bond motifs is 2. The summed E-state index contributed by atoms with van der Waals surface area (Å²) in [5, 5.41) is 4.34. The van der Waals surface area contributed by atoms with Gasteiger partial charge in [-0.05, 0) is 89.8 Å². The molecule has 2 amide bonds. The number of hydrogen-bond acceptors (Lipinski definition) is 7. The first kappa shape index (κ1) is 29.2. The van der Waals surface area contributed by atoms with Crippen LogP contribution in [0.25, 0.3) is 16.7 Å². The Bertz CT molecular complexity index is 1550. The predicted octanol–water partition coefficient (Wildman–Crippen LogP) is 7.03. The molecule has 42 heavy (non-hydrogen) atoms. The molecule has 2 aliphatic heterocycles. The minimum Gasteiger partial charge on any atom is -0.484 e. The number of carbonyl (C=O) groups is 2. The van der Waals surface area contributed by atoms with Crippen LogP contribution in [0.1, 0.15) is 72.1 Å². The summed E-state index contributed by atoms with van der Waals surface area (Å²) >= 11 is 0. The van der Waals surface area contributed by atoms with Crippen LogP contribution in [0, 0.1) is 0 Å². The molecule has 0 aliphatic carbocycles. The Hall–Kier alpha value is -4.34. The molecule has 2 aromatic heterocycles. The second-order valence-electron chi connectivity index (χ2n) is 12.7. The molecular weight excluding hydrogens is 534 g/mol. The second-order valence-corrected chi connectivity index (χ2v) is 12.7. The van der Waals surface area contributed by atoms with E-state index in [0.717, 1.165) is 27.8 Å². The van der Waals surface area contributed by atoms with Gasteiger partial charge in [0.2, 0.25) is 0 Å². The monoisotopic (exact) mass is 573 g/mol. The van der Waals surface area contributed by atoms with Gasteiger partial charge >= 0.3 is 12.2 Å². The number of pyridine rings is 1. The maximum Gasteiger partial charge on any atom is 0.420 e. The standard InChI is InChI=1S/C32H39N5O5/c1-20-27-24(23-18-34-35(8)19-23)11-14-33-28(27)37(30(39)42-32(5,6)7)25-17-22(9-10-26(25)40-20)21-12-15-36(16-13-21)29(38)41-31(2,3)4/h9-12,14,17-20H,13,15-16H2,1-8H3. The molecular formula is C32H39N5O5. The van der Waals surface area contributed by atoms with E-state index in [1.165, 1.54) is 4.90 Å². The molecule has 0 bridgehead atoms. The molecule has 0 radical (unpaired) electrons. The maximum atomic E-state index is 13.9. The lowest BCUT2D eigenvalue weighted by Gasteiger charge is -2.30. The van der Waals surface area contributed by atoms with Crippen LogP contribution in [0.4, 0.5) is 21.1 Å². The van der Waals surface area contributed by atoms with Crippen molar-refractivity contribution in [1.29, 1.82) is 0 Å². The minimum absolute atomic E-state index is 0.328. The fourth-order valence-corrected chi connectivity index (χ4v) is 5.12. The number of aryl methyl sites for hydroxylation is 1. The largest absolute Gasteiger partial charge is 0.484 e. The van der Waals surface area contributed by atoms with Crippen LogP contribution in [0.5, 0.6) is 5.75 Å². The molecule has 1 unspecified atom stereocenters. The molecule has 0 N–H and O–H groups in total. The van der Waals surface area contributed by atoms with Gasteiger partial charge in [-0.3, -0.25) is 4.68 Å². The molecule has 4 heterocycles. The van der Waals surface area contributed by atoms with Crippen LogP contribution in [0.2, 0.25) is 0 Å². The first-order chi connectivity index (χ1) is 19.7. The number of anilines is 2. The van der Waals surface area contributed by atoms with Crippen LogP contribution >= 0.6 is 0 Å². The molecule has 0 saturated carbocycles. The highest BCUT2D eigenvalue weighted by atomic mass is 16.6. The van der Waals surface area contributed by atoms with Gasteiger partial charge in [0.05, 0.1) is 11.9 Å². The molecule has 0 fully saturated rings. The van der Waals surface area contributed by atoms with E-state index in [4.69, 9.17) is 19.2 Å². The van der Waals surface area contributed by atoms with Crippen molar-refractivity contribution >= 4 is 29.3 Å². The molecule has 3 aromatic rings. The maximum absolute atomic E-state index is 13.9. The van der Waals surface area contributed by atoms with Crippen LogP contribution in [-0.4, -0.2) is 56.1 Å². The lowest BCUT2D eigenvalue weighted by Crippen LogP contribution is -2.39. The summed E-state index contributed by atoms with van der Waals surface area (Å²) in [6.07, 6.45) is 6.77. The average molecular weight is 574 g/mol. The van der Waals surface area contributed by atoms with Crippen molar-refractivity contribution in [1.82, 2.24) is 19.7 Å². The summed E-state index contributed by atoms with van der Waals surface area (Å²) in [4.78, 5) is 34.4. The normalized spacial score (nSPS) is 17.0.